The van der Waals surface area contributed by atoms with E-state index in [1.54, 1.807) is 0 Å². The average Bonchev–Trinajstić information content (AvgIpc) is 2.75. The zero-order valence-corrected chi connectivity index (χ0v) is 13.2. The molecule has 1 heterocycles. The second-order valence-electron chi connectivity index (χ2n) is 6.02. The summed E-state index contributed by atoms with van der Waals surface area (Å²) in [5, 5.41) is 5.87. The monoisotopic (exact) mass is 288 g/mol. The van der Waals surface area contributed by atoms with Crippen molar-refractivity contribution in [1.29, 1.82) is 0 Å². The maximum atomic E-state index is 12.2. The first-order chi connectivity index (χ1) is 9.97. The fourth-order valence-corrected chi connectivity index (χ4v) is 2.93. The van der Waals surface area contributed by atoms with Gasteiger partial charge < -0.3 is 10.6 Å². The van der Waals surface area contributed by atoms with Crippen LogP contribution in [0.1, 0.15) is 52.0 Å². The van der Waals surface area contributed by atoms with Crippen LogP contribution in [0.25, 0.3) is 0 Å². The van der Waals surface area contributed by atoms with Crippen LogP contribution in [0, 0.1) is 11.8 Å². The van der Waals surface area contributed by atoms with E-state index in [0.29, 0.717) is 0 Å². The summed E-state index contributed by atoms with van der Waals surface area (Å²) in [5.41, 5.74) is 2.62. The Morgan fingerprint density at radius 1 is 1.29 bits per heavy atom. The molecule has 1 aliphatic heterocycles. The van der Waals surface area contributed by atoms with Crippen molar-refractivity contribution in [2.24, 2.45) is 11.8 Å². The van der Waals surface area contributed by atoms with Gasteiger partial charge in [0.25, 0.3) is 0 Å². The lowest BCUT2D eigenvalue weighted by atomic mass is 9.89. The highest BCUT2D eigenvalue weighted by atomic mass is 16.2. The minimum Gasteiger partial charge on any atom is -0.326 e. The van der Waals surface area contributed by atoms with Gasteiger partial charge in [0, 0.05) is 17.3 Å². The third kappa shape index (κ3) is 3.09. The van der Waals surface area contributed by atoms with E-state index in [9.17, 15) is 9.59 Å². The van der Waals surface area contributed by atoms with Crippen molar-refractivity contribution in [3.63, 3.8) is 0 Å². The van der Waals surface area contributed by atoms with E-state index in [0.717, 1.165) is 29.8 Å². The number of anilines is 2. The smallest absolute Gasteiger partial charge is 0.232 e. The van der Waals surface area contributed by atoms with E-state index in [4.69, 9.17) is 0 Å². The van der Waals surface area contributed by atoms with Crippen LogP contribution in [0.2, 0.25) is 0 Å². The Hall–Kier alpha value is -1.84. The zero-order valence-electron chi connectivity index (χ0n) is 13.2. The molecule has 0 saturated carbocycles. The predicted octanol–water partition coefficient (Wildman–Crippen LogP) is 3.75. The van der Waals surface area contributed by atoms with Gasteiger partial charge in [-0.3, -0.25) is 9.59 Å². The van der Waals surface area contributed by atoms with Crippen molar-refractivity contribution in [2.45, 2.75) is 46.5 Å². The largest absolute Gasteiger partial charge is 0.326 e. The van der Waals surface area contributed by atoms with Gasteiger partial charge in [0.1, 0.15) is 0 Å². The molecule has 4 heteroatoms. The van der Waals surface area contributed by atoms with Crippen molar-refractivity contribution in [2.75, 3.05) is 10.6 Å². The highest BCUT2D eigenvalue weighted by Gasteiger charge is 2.33. The number of hydrogen-bond acceptors (Lipinski definition) is 2. The molecule has 114 valence electrons. The Labute approximate surface area is 126 Å². The summed E-state index contributed by atoms with van der Waals surface area (Å²) in [7, 11) is 0. The standard InChI is InChI=1S/C17H24N2O2/c1-5-11(6-2)16(20)18-12-7-8-14-13(9-12)15(10(3)4)17(21)19-14/h7-11,15H,5-6H2,1-4H3,(H,18,20)(H,19,21). The molecule has 1 aromatic rings. The van der Waals surface area contributed by atoms with Gasteiger partial charge in [-0.2, -0.15) is 0 Å². The van der Waals surface area contributed by atoms with Crippen molar-refractivity contribution in [1.82, 2.24) is 0 Å². The maximum Gasteiger partial charge on any atom is 0.232 e. The van der Waals surface area contributed by atoms with Crippen LogP contribution in [-0.4, -0.2) is 11.8 Å². The fraction of sp³-hybridized carbons (Fsp3) is 0.529. The SMILES string of the molecule is CCC(CC)C(=O)Nc1ccc2c(c1)C(C(C)C)C(=O)N2. The van der Waals surface area contributed by atoms with Crippen LogP contribution in [-0.2, 0) is 9.59 Å². The van der Waals surface area contributed by atoms with Gasteiger partial charge in [0.2, 0.25) is 11.8 Å². The highest BCUT2D eigenvalue weighted by Crippen LogP contribution is 2.38. The molecule has 1 aliphatic rings. The summed E-state index contributed by atoms with van der Waals surface area (Å²) >= 11 is 0. The molecule has 2 rings (SSSR count). The Balaban J connectivity index is 2.22. The molecule has 2 N–H and O–H groups in total. The molecule has 1 aromatic carbocycles. The van der Waals surface area contributed by atoms with Crippen LogP contribution in [0.3, 0.4) is 0 Å². The minimum absolute atomic E-state index is 0.0407. The van der Waals surface area contributed by atoms with Crippen LogP contribution >= 0.6 is 0 Å². The summed E-state index contributed by atoms with van der Waals surface area (Å²) in [6.07, 6.45) is 1.67. The molecule has 0 radical (unpaired) electrons. The quantitative estimate of drug-likeness (QED) is 0.867. The lowest BCUT2D eigenvalue weighted by molar-refractivity contribution is -0.120. The number of nitrogens with one attached hydrogen (secondary N) is 2. The van der Waals surface area contributed by atoms with Gasteiger partial charge in [-0.1, -0.05) is 27.7 Å². The summed E-state index contributed by atoms with van der Waals surface area (Å²) in [4.78, 5) is 24.2. The predicted molar refractivity (Wildman–Crippen MR) is 85.4 cm³/mol. The molecule has 0 aliphatic carbocycles. The molecule has 1 unspecified atom stereocenters. The topological polar surface area (TPSA) is 58.2 Å². The first-order valence-electron chi connectivity index (χ1n) is 7.73. The second kappa shape index (κ2) is 6.29. The molecule has 0 saturated heterocycles. The van der Waals surface area contributed by atoms with E-state index in [-0.39, 0.29) is 29.6 Å². The van der Waals surface area contributed by atoms with E-state index in [2.05, 4.69) is 10.6 Å². The van der Waals surface area contributed by atoms with E-state index >= 15 is 0 Å². The molecule has 4 nitrogen and oxygen atoms in total. The van der Waals surface area contributed by atoms with Crippen LogP contribution in [0.5, 0.6) is 0 Å². The van der Waals surface area contributed by atoms with Crippen molar-refractivity contribution < 1.29 is 9.59 Å². The summed E-state index contributed by atoms with van der Waals surface area (Å²) in [6.45, 7) is 8.12. The van der Waals surface area contributed by atoms with Crippen molar-refractivity contribution in [3.05, 3.63) is 23.8 Å². The number of carbonyl (C=O) groups is 2. The molecular weight excluding hydrogens is 264 g/mol. The van der Waals surface area contributed by atoms with E-state index < -0.39 is 0 Å². The minimum atomic E-state index is -0.134. The van der Waals surface area contributed by atoms with Crippen LogP contribution in [0.4, 0.5) is 11.4 Å². The number of amides is 2. The average molecular weight is 288 g/mol. The van der Waals surface area contributed by atoms with Gasteiger partial charge in [-0.25, -0.2) is 0 Å². The van der Waals surface area contributed by atoms with E-state index in [1.807, 2.05) is 45.9 Å². The zero-order chi connectivity index (χ0) is 15.6. The molecule has 0 spiro atoms. The lowest BCUT2D eigenvalue weighted by Crippen LogP contribution is -2.21. The lowest BCUT2D eigenvalue weighted by Gasteiger charge is -2.15. The van der Waals surface area contributed by atoms with Crippen LogP contribution in [0.15, 0.2) is 18.2 Å². The van der Waals surface area contributed by atoms with E-state index in [1.165, 1.54) is 0 Å². The van der Waals surface area contributed by atoms with Gasteiger partial charge in [-0.05, 0) is 42.5 Å². The first-order valence-corrected chi connectivity index (χ1v) is 7.73. The first kappa shape index (κ1) is 15.5. The van der Waals surface area contributed by atoms with Gasteiger partial charge in [0.05, 0.1) is 5.92 Å². The third-order valence-corrected chi connectivity index (χ3v) is 4.22. The molecule has 21 heavy (non-hydrogen) atoms. The highest BCUT2D eigenvalue weighted by molar-refractivity contribution is 6.04. The van der Waals surface area contributed by atoms with Gasteiger partial charge in [-0.15, -0.1) is 0 Å². The summed E-state index contributed by atoms with van der Waals surface area (Å²) < 4.78 is 0. The Morgan fingerprint density at radius 3 is 2.52 bits per heavy atom. The molecular formula is C17H24N2O2. The summed E-state index contributed by atoms with van der Waals surface area (Å²) in [5.74, 6) is 0.238. The van der Waals surface area contributed by atoms with Crippen molar-refractivity contribution >= 4 is 23.2 Å². The number of fused-ring (bicyclic) bond motifs is 1. The second-order valence-corrected chi connectivity index (χ2v) is 6.02. The molecule has 2 amide bonds. The number of benzene rings is 1. The van der Waals surface area contributed by atoms with Gasteiger partial charge >= 0.3 is 0 Å². The molecule has 0 aromatic heterocycles. The molecule has 0 fully saturated rings. The Bertz CT molecular complexity index is 548. The number of rotatable bonds is 5. The normalized spacial score (nSPS) is 17.0. The number of hydrogen-bond donors (Lipinski definition) is 2. The third-order valence-electron chi connectivity index (χ3n) is 4.22. The Morgan fingerprint density at radius 2 is 1.95 bits per heavy atom. The van der Waals surface area contributed by atoms with Crippen molar-refractivity contribution in [3.8, 4) is 0 Å². The van der Waals surface area contributed by atoms with Gasteiger partial charge in [0.15, 0.2) is 0 Å². The Kier molecular flexibility index (Phi) is 4.66. The fourth-order valence-electron chi connectivity index (χ4n) is 2.93. The summed E-state index contributed by atoms with van der Waals surface area (Å²) in [6, 6.07) is 5.65. The maximum absolute atomic E-state index is 12.2. The number of carbonyl (C=O) groups excluding carboxylic acids is 2. The van der Waals surface area contributed by atoms with Crippen LogP contribution < -0.4 is 10.6 Å². The molecule has 1 atom stereocenters. The molecule has 0 bridgehead atoms.